The molecule has 1 amide bonds. The molecule has 2 aliphatic heterocycles. The highest BCUT2D eigenvalue weighted by molar-refractivity contribution is 5.80. The lowest BCUT2D eigenvalue weighted by Gasteiger charge is -2.36. The molecule has 0 aromatic heterocycles. The number of guanidine groups is 1. The van der Waals surface area contributed by atoms with Crippen LogP contribution in [-0.4, -0.2) is 80.3 Å². The van der Waals surface area contributed by atoms with E-state index in [2.05, 4.69) is 34.4 Å². The highest BCUT2D eigenvalue weighted by atomic mass is 16.6. The minimum absolute atomic E-state index is 0.196. The zero-order chi connectivity index (χ0) is 18.9. The van der Waals surface area contributed by atoms with Gasteiger partial charge in [0, 0.05) is 45.3 Å². The van der Waals surface area contributed by atoms with Gasteiger partial charge in [-0.05, 0) is 52.0 Å². The van der Waals surface area contributed by atoms with E-state index in [-0.39, 0.29) is 6.09 Å². The lowest BCUT2D eigenvalue weighted by molar-refractivity contribution is 0.0962. The third-order valence-corrected chi connectivity index (χ3v) is 5.46. The van der Waals surface area contributed by atoms with Crippen molar-refractivity contribution in [2.75, 3.05) is 46.4 Å². The fourth-order valence-electron chi connectivity index (χ4n) is 3.81. The lowest BCUT2D eigenvalue weighted by atomic mass is 9.99. The molecule has 0 radical (unpaired) electrons. The van der Waals surface area contributed by atoms with Gasteiger partial charge in [-0.3, -0.25) is 9.89 Å². The van der Waals surface area contributed by atoms with Crippen molar-refractivity contribution in [2.24, 2.45) is 10.9 Å². The standard InChI is InChI=1S/C19H37N5O2/c1-5-26-19(25)23-11-8-17(9-12-23)22-18(20-4)21-13-16(3)24-10-6-7-15(2)14-24/h15-17H,5-14H2,1-4H3,(H2,20,21,22). The number of piperidine rings is 2. The maximum absolute atomic E-state index is 11.8. The molecule has 2 heterocycles. The topological polar surface area (TPSA) is 69.2 Å². The zero-order valence-electron chi connectivity index (χ0n) is 17.0. The third-order valence-electron chi connectivity index (χ3n) is 5.46. The molecule has 0 aromatic rings. The largest absolute Gasteiger partial charge is 0.450 e. The highest BCUT2D eigenvalue weighted by Gasteiger charge is 2.25. The number of hydrogen-bond donors (Lipinski definition) is 2. The Morgan fingerprint density at radius 2 is 2.00 bits per heavy atom. The van der Waals surface area contributed by atoms with E-state index in [9.17, 15) is 4.79 Å². The summed E-state index contributed by atoms with van der Waals surface area (Å²) in [4.78, 5) is 20.5. The summed E-state index contributed by atoms with van der Waals surface area (Å²) in [6, 6.07) is 0.846. The average Bonchev–Trinajstić information content (AvgIpc) is 2.65. The summed E-state index contributed by atoms with van der Waals surface area (Å²) in [5, 5.41) is 6.98. The van der Waals surface area contributed by atoms with Crippen LogP contribution in [0.25, 0.3) is 0 Å². The molecule has 2 rings (SSSR count). The second-order valence-electron chi connectivity index (χ2n) is 7.65. The molecule has 0 aliphatic carbocycles. The normalized spacial score (nSPS) is 24.2. The van der Waals surface area contributed by atoms with Crippen LogP contribution in [0.2, 0.25) is 0 Å². The first-order valence-electron chi connectivity index (χ1n) is 10.2. The van der Waals surface area contributed by atoms with Crippen LogP contribution in [0, 0.1) is 5.92 Å². The molecule has 2 aliphatic rings. The van der Waals surface area contributed by atoms with E-state index in [1.165, 1.54) is 25.9 Å². The van der Waals surface area contributed by atoms with Crippen LogP contribution < -0.4 is 10.6 Å². The number of likely N-dealkylation sites (tertiary alicyclic amines) is 2. The summed E-state index contributed by atoms with van der Waals surface area (Å²) in [5.74, 6) is 1.66. The molecule has 2 N–H and O–H groups in total. The zero-order valence-corrected chi connectivity index (χ0v) is 17.0. The van der Waals surface area contributed by atoms with Gasteiger partial charge in [0.1, 0.15) is 0 Å². The molecule has 2 unspecified atom stereocenters. The van der Waals surface area contributed by atoms with E-state index in [1.807, 2.05) is 14.0 Å². The minimum atomic E-state index is -0.196. The summed E-state index contributed by atoms with van der Waals surface area (Å²) >= 11 is 0. The molecule has 2 fully saturated rings. The van der Waals surface area contributed by atoms with Gasteiger partial charge in [0.2, 0.25) is 0 Å². The van der Waals surface area contributed by atoms with Gasteiger partial charge >= 0.3 is 6.09 Å². The molecule has 7 heteroatoms. The Hall–Kier alpha value is -1.50. The molecule has 0 spiro atoms. The monoisotopic (exact) mass is 367 g/mol. The second kappa shape index (κ2) is 10.6. The van der Waals surface area contributed by atoms with Crippen molar-refractivity contribution < 1.29 is 9.53 Å². The second-order valence-corrected chi connectivity index (χ2v) is 7.65. The molecule has 0 bridgehead atoms. The Bertz CT molecular complexity index is 463. The van der Waals surface area contributed by atoms with Gasteiger partial charge in [-0.25, -0.2) is 4.79 Å². The van der Waals surface area contributed by atoms with Crippen LogP contribution in [0.1, 0.15) is 46.5 Å². The number of nitrogens with one attached hydrogen (secondary N) is 2. The van der Waals surface area contributed by atoms with Crippen LogP contribution in [-0.2, 0) is 4.74 Å². The molecule has 2 saturated heterocycles. The lowest BCUT2D eigenvalue weighted by Crippen LogP contribution is -2.52. The molecule has 150 valence electrons. The number of ether oxygens (including phenoxy) is 1. The van der Waals surface area contributed by atoms with Crippen molar-refractivity contribution in [3.63, 3.8) is 0 Å². The maximum atomic E-state index is 11.8. The number of carbonyl (C=O) groups is 1. The van der Waals surface area contributed by atoms with Crippen molar-refractivity contribution in [2.45, 2.75) is 58.5 Å². The fourth-order valence-corrected chi connectivity index (χ4v) is 3.81. The van der Waals surface area contributed by atoms with Crippen LogP contribution in [0.4, 0.5) is 4.79 Å². The fraction of sp³-hybridized carbons (Fsp3) is 0.895. The summed E-state index contributed by atoms with van der Waals surface area (Å²) in [5.41, 5.74) is 0. The van der Waals surface area contributed by atoms with Crippen LogP contribution in [0.5, 0.6) is 0 Å². The van der Waals surface area contributed by atoms with Crippen LogP contribution in [0.15, 0.2) is 4.99 Å². The Morgan fingerprint density at radius 1 is 1.27 bits per heavy atom. The highest BCUT2D eigenvalue weighted by Crippen LogP contribution is 2.17. The van der Waals surface area contributed by atoms with Crippen molar-refractivity contribution in [3.05, 3.63) is 0 Å². The van der Waals surface area contributed by atoms with Crippen molar-refractivity contribution in [1.82, 2.24) is 20.4 Å². The van der Waals surface area contributed by atoms with Crippen molar-refractivity contribution >= 4 is 12.1 Å². The molecule has 0 saturated carbocycles. The van der Waals surface area contributed by atoms with Crippen molar-refractivity contribution in [1.29, 1.82) is 0 Å². The van der Waals surface area contributed by atoms with E-state index in [4.69, 9.17) is 4.74 Å². The number of amides is 1. The van der Waals surface area contributed by atoms with E-state index in [0.717, 1.165) is 44.4 Å². The van der Waals surface area contributed by atoms with Gasteiger partial charge in [-0.2, -0.15) is 0 Å². The number of aliphatic imine (C=N–C) groups is 1. The Balaban J connectivity index is 1.70. The van der Waals surface area contributed by atoms with Gasteiger partial charge < -0.3 is 20.3 Å². The van der Waals surface area contributed by atoms with Gasteiger partial charge in [-0.15, -0.1) is 0 Å². The van der Waals surface area contributed by atoms with Gasteiger partial charge in [0.25, 0.3) is 0 Å². The van der Waals surface area contributed by atoms with Crippen LogP contribution in [0.3, 0.4) is 0 Å². The number of hydrogen-bond acceptors (Lipinski definition) is 4. The number of nitrogens with zero attached hydrogens (tertiary/aromatic N) is 3. The molecular weight excluding hydrogens is 330 g/mol. The predicted octanol–water partition coefficient (Wildman–Crippen LogP) is 1.89. The van der Waals surface area contributed by atoms with E-state index < -0.39 is 0 Å². The number of carbonyl (C=O) groups excluding carboxylic acids is 1. The summed E-state index contributed by atoms with van der Waals surface area (Å²) in [7, 11) is 1.82. The predicted molar refractivity (Wildman–Crippen MR) is 106 cm³/mol. The molecular formula is C19H37N5O2. The van der Waals surface area contributed by atoms with Gasteiger partial charge in [0.15, 0.2) is 5.96 Å². The first kappa shape index (κ1) is 20.8. The SMILES string of the molecule is CCOC(=O)N1CCC(NC(=NC)NCC(C)N2CCCC(C)C2)CC1. The summed E-state index contributed by atoms with van der Waals surface area (Å²) < 4.78 is 5.07. The molecule has 2 atom stereocenters. The quantitative estimate of drug-likeness (QED) is 0.574. The Morgan fingerprint density at radius 3 is 2.62 bits per heavy atom. The third kappa shape index (κ3) is 6.34. The first-order valence-corrected chi connectivity index (χ1v) is 10.2. The van der Waals surface area contributed by atoms with Gasteiger partial charge in [-0.1, -0.05) is 6.92 Å². The minimum Gasteiger partial charge on any atom is -0.450 e. The van der Waals surface area contributed by atoms with E-state index in [1.54, 1.807) is 4.90 Å². The maximum Gasteiger partial charge on any atom is 0.409 e. The van der Waals surface area contributed by atoms with E-state index >= 15 is 0 Å². The average molecular weight is 368 g/mol. The van der Waals surface area contributed by atoms with E-state index in [0.29, 0.717) is 18.7 Å². The summed E-state index contributed by atoms with van der Waals surface area (Å²) in [6.45, 7) is 11.7. The molecule has 26 heavy (non-hydrogen) atoms. The van der Waals surface area contributed by atoms with Crippen molar-refractivity contribution in [3.8, 4) is 0 Å². The smallest absolute Gasteiger partial charge is 0.409 e. The number of rotatable bonds is 5. The summed E-state index contributed by atoms with van der Waals surface area (Å²) in [6.07, 6.45) is 4.29. The first-order chi connectivity index (χ1) is 12.5. The Labute approximate surface area is 158 Å². The molecule has 7 nitrogen and oxygen atoms in total. The Kier molecular flexibility index (Phi) is 8.48. The van der Waals surface area contributed by atoms with Gasteiger partial charge in [0.05, 0.1) is 6.61 Å². The molecule has 0 aromatic carbocycles. The van der Waals surface area contributed by atoms with Crippen LogP contribution >= 0.6 is 0 Å².